The number of rotatable bonds is 6. The van der Waals surface area contributed by atoms with Crippen molar-refractivity contribution in [3.8, 4) is 11.5 Å². The predicted molar refractivity (Wildman–Crippen MR) is 108 cm³/mol. The van der Waals surface area contributed by atoms with Crippen molar-refractivity contribution >= 4 is 17.4 Å². The highest BCUT2D eigenvalue weighted by atomic mass is 19.1. The van der Waals surface area contributed by atoms with Crippen LogP contribution in [0.2, 0.25) is 0 Å². The van der Waals surface area contributed by atoms with Crippen LogP contribution in [0, 0.1) is 18.6 Å². The summed E-state index contributed by atoms with van der Waals surface area (Å²) in [6.07, 6.45) is 1.99. The summed E-state index contributed by atoms with van der Waals surface area (Å²) >= 11 is 0. The number of nitrogens with one attached hydrogen (secondary N) is 2. The maximum absolute atomic E-state index is 14.0. The van der Waals surface area contributed by atoms with E-state index in [1.54, 1.807) is 6.26 Å². The molecular weight excluding hydrogens is 378 g/mol. The first-order chi connectivity index (χ1) is 13.8. The van der Waals surface area contributed by atoms with Gasteiger partial charge < -0.3 is 20.0 Å². The van der Waals surface area contributed by atoms with E-state index in [4.69, 9.17) is 4.42 Å². The second-order valence-electron chi connectivity index (χ2n) is 6.82. The first-order valence-electron chi connectivity index (χ1n) is 9.06. The van der Waals surface area contributed by atoms with Crippen molar-refractivity contribution < 1.29 is 18.0 Å². The van der Waals surface area contributed by atoms with Gasteiger partial charge in [-0.1, -0.05) is 17.7 Å². The number of oxazole rings is 1. The molecule has 0 radical (unpaired) electrons. The first kappa shape index (κ1) is 20.3. The van der Waals surface area contributed by atoms with Gasteiger partial charge in [0.2, 0.25) is 5.89 Å². The average Bonchev–Trinajstić information content (AvgIpc) is 3.10. The van der Waals surface area contributed by atoms with Crippen LogP contribution < -0.4 is 15.5 Å². The van der Waals surface area contributed by atoms with Crippen LogP contribution >= 0.6 is 0 Å². The number of aryl methyl sites for hydroxylation is 1. The minimum Gasteiger partial charge on any atom is -0.444 e. The van der Waals surface area contributed by atoms with Crippen molar-refractivity contribution in [3.05, 3.63) is 65.6 Å². The maximum atomic E-state index is 14.0. The zero-order valence-electron chi connectivity index (χ0n) is 16.4. The van der Waals surface area contributed by atoms with Gasteiger partial charge in [-0.3, -0.25) is 0 Å². The largest absolute Gasteiger partial charge is 0.444 e. The number of nitrogens with zero attached hydrogens (tertiary/aromatic N) is 2. The van der Waals surface area contributed by atoms with Crippen molar-refractivity contribution in [1.82, 2.24) is 10.3 Å². The minimum absolute atomic E-state index is 0.0335. The fraction of sp³-hybridized carbons (Fsp3) is 0.238. The summed E-state index contributed by atoms with van der Waals surface area (Å²) < 4.78 is 33.4. The highest BCUT2D eigenvalue weighted by Crippen LogP contribution is 2.25. The van der Waals surface area contributed by atoms with E-state index in [0.29, 0.717) is 18.0 Å². The number of anilines is 2. The third-order valence-corrected chi connectivity index (χ3v) is 4.24. The SMILES string of the molecule is Cc1ccc(-c2nc(CCNC(=O)Nc3cc(F)c(N(C)C)c(F)c3)co2)cc1. The molecule has 0 bridgehead atoms. The highest BCUT2D eigenvalue weighted by Gasteiger charge is 2.14. The van der Waals surface area contributed by atoms with Gasteiger partial charge in [-0.2, -0.15) is 0 Å². The van der Waals surface area contributed by atoms with Gasteiger partial charge in [0, 0.05) is 38.3 Å². The van der Waals surface area contributed by atoms with E-state index in [0.717, 1.165) is 23.3 Å². The Kier molecular flexibility index (Phi) is 6.11. The van der Waals surface area contributed by atoms with E-state index in [2.05, 4.69) is 15.6 Å². The Morgan fingerprint density at radius 3 is 2.41 bits per heavy atom. The highest BCUT2D eigenvalue weighted by molar-refractivity contribution is 5.89. The molecule has 0 aliphatic rings. The number of halogens is 2. The standard InChI is InChI=1S/C21H22F2N4O2/c1-13-4-6-14(7-5-13)20-25-15(12-29-20)8-9-24-21(28)26-16-10-17(22)19(27(2)3)18(23)11-16/h4-7,10-12H,8-9H2,1-3H3,(H2,24,26,28). The summed E-state index contributed by atoms with van der Waals surface area (Å²) in [6, 6.07) is 9.38. The predicted octanol–water partition coefficient (Wildman–Crippen LogP) is 4.36. The van der Waals surface area contributed by atoms with Gasteiger partial charge in [-0.15, -0.1) is 0 Å². The van der Waals surface area contributed by atoms with Crippen molar-refractivity contribution in [1.29, 1.82) is 0 Å². The molecule has 0 atom stereocenters. The zero-order chi connectivity index (χ0) is 21.0. The van der Waals surface area contributed by atoms with Gasteiger partial charge in [0.1, 0.15) is 12.0 Å². The van der Waals surface area contributed by atoms with Gasteiger partial charge >= 0.3 is 6.03 Å². The lowest BCUT2D eigenvalue weighted by molar-refractivity contribution is 0.252. The van der Waals surface area contributed by atoms with E-state index < -0.39 is 17.7 Å². The Morgan fingerprint density at radius 2 is 1.79 bits per heavy atom. The number of carbonyl (C=O) groups excluding carboxylic acids is 1. The third-order valence-electron chi connectivity index (χ3n) is 4.24. The van der Waals surface area contributed by atoms with Gasteiger partial charge in [-0.25, -0.2) is 18.6 Å². The molecule has 2 N–H and O–H groups in total. The molecule has 6 nitrogen and oxygen atoms in total. The molecule has 3 rings (SSSR count). The number of urea groups is 1. The normalized spacial score (nSPS) is 10.7. The molecule has 1 aromatic heterocycles. The van der Waals surface area contributed by atoms with Crippen LogP contribution in [0.5, 0.6) is 0 Å². The van der Waals surface area contributed by atoms with Gasteiger partial charge in [-0.05, 0) is 31.2 Å². The van der Waals surface area contributed by atoms with E-state index >= 15 is 0 Å². The van der Waals surface area contributed by atoms with Crippen LogP contribution in [0.15, 0.2) is 47.1 Å². The van der Waals surface area contributed by atoms with Crippen molar-refractivity contribution in [3.63, 3.8) is 0 Å². The van der Waals surface area contributed by atoms with Crippen molar-refractivity contribution in [2.45, 2.75) is 13.3 Å². The molecule has 0 unspecified atom stereocenters. The minimum atomic E-state index is -0.753. The monoisotopic (exact) mass is 400 g/mol. The lowest BCUT2D eigenvalue weighted by Crippen LogP contribution is -2.30. The molecule has 3 aromatic rings. The molecule has 152 valence electrons. The smallest absolute Gasteiger partial charge is 0.319 e. The number of aromatic nitrogens is 1. The molecule has 0 fully saturated rings. The average molecular weight is 400 g/mol. The zero-order valence-corrected chi connectivity index (χ0v) is 16.4. The fourth-order valence-electron chi connectivity index (χ4n) is 2.79. The van der Waals surface area contributed by atoms with Gasteiger partial charge in [0.15, 0.2) is 11.6 Å². The Bertz CT molecular complexity index is 977. The number of carbonyl (C=O) groups is 1. The second kappa shape index (κ2) is 8.72. The summed E-state index contributed by atoms with van der Waals surface area (Å²) in [7, 11) is 3.07. The molecule has 0 spiro atoms. The van der Waals surface area contributed by atoms with E-state index in [-0.39, 0.29) is 17.9 Å². The summed E-state index contributed by atoms with van der Waals surface area (Å²) in [6.45, 7) is 2.29. The number of hydrogen-bond acceptors (Lipinski definition) is 4. The third kappa shape index (κ3) is 5.10. The van der Waals surface area contributed by atoms with Gasteiger partial charge in [0.05, 0.1) is 5.69 Å². The topological polar surface area (TPSA) is 70.4 Å². The molecular formula is C21H22F2N4O2. The Hall–Kier alpha value is -3.42. The van der Waals surface area contributed by atoms with Crippen LogP contribution in [0.1, 0.15) is 11.3 Å². The summed E-state index contributed by atoms with van der Waals surface area (Å²) in [4.78, 5) is 17.7. The van der Waals surface area contributed by atoms with Crippen molar-refractivity contribution in [2.24, 2.45) is 0 Å². The maximum Gasteiger partial charge on any atom is 0.319 e. The Morgan fingerprint density at radius 1 is 1.14 bits per heavy atom. The molecule has 1 heterocycles. The molecule has 0 saturated heterocycles. The van der Waals surface area contributed by atoms with Crippen LogP contribution in [-0.2, 0) is 6.42 Å². The van der Waals surface area contributed by atoms with E-state index in [9.17, 15) is 13.6 Å². The van der Waals surface area contributed by atoms with Crippen molar-refractivity contribution in [2.75, 3.05) is 30.9 Å². The Balaban J connectivity index is 1.52. The summed E-state index contributed by atoms with van der Waals surface area (Å²) in [5.74, 6) is -0.996. The summed E-state index contributed by atoms with van der Waals surface area (Å²) in [5.41, 5.74) is 2.58. The molecule has 2 amide bonds. The van der Waals surface area contributed by atoms with E-state index in [1.807, 2.05) is 31.2 Å². The van der Waals surface area contributed by atoms with Crippen LogP contribution in [0.4, 0.5) is 25.0 Å². The fourth-order valence-corrected chi connectivity index (χ4v) is 2.79. The van der Waals surface area contributed by atoms with Crippen LogP contribution in [0.25, 0.3) is 11.5 Å². The van der Waals surface area contributed by atoms with Crippen LogP contribution in [0.3, 0.4) is 0 Å². The Labute approximate surface area is 167 Å². The molecule has 0 aliphatic carbocycles. The van der Waals surface area contributed by atoms with E-state index in [1.165, 1.54) is 19.0 Å². The lowest BCUT2D eigenvalue weighted by atomic mass is 10.1. The molecule has 2 aromatic carbocycles. The number of hydrogen-bond donors (Lipinski definition) is 2. The molecule has 8 heteroatoms. The lowest BCUT2D eigenvalue weighted by Gasteiger charge is -2.16. The molecule has 0 aliphatic heterocycles. The molecule has 29 heavy (non-hydrogen) atoms. The molecule has 0 saturated carbocycles. The van der Waals surface area contributed by atoms with Gasteiger partial charge in [0.25, 0.3) is 0 Å². The quantitative estimate of drug-likeness (QED) is 0.645. The second-order valence-corrected chi connectivity index (χ2v) is 6.82. The number of amides is 2. The summed E-state index contributed by atoms with van der Waals surface area (Å²) in [5, 5.41) is 5.05. The number of benzene rings is 2. The first-order valence-corrected chi connectivity index (χ1v) is 9.06. The van der Waals surface area contributed by atoms with Crippen LogP contribution in [-0.4, -0.2) is 31.7 Å².